The number of nitrogens with zero attached hydrogens (tertiary/aromatic N) is 1. The fourth-order valence-corrected chi connectivity index (χ4v) is 8.40. The molecule has 0 fully saturated rings. The largest absolute Gasteiger partial charge is 0.478 e. The van der Waals surface area contributed by atoms with Gasteiger partial charge in [-0.15, -0.1) is 11.3 Å². The first-order chi connectivity index (χ1) is 26.3. The molecule has 0 bridgehead atoms. The number of carbonyl (C=O) groups is 4. The lowest BCUT2D eigenvalue weighted by Gasteiger charge is -2.23. The van der Waals surface area contributed by atoms with Crippen LogP contribution in [0.1, 0.15) is 213 Å². The average Bonchev–Trinajstić information content (AvgIpc) is 3.91. The fourth-order valence-electron chi connectivity index (χ4n) is 6.87. The molecule has 8 nitrogen and oxygen atoms in total. The average molecular weight is 791 g/mol. The van der Waals surface area contributed by atoms with E-state index in [1.54, 1.807) is 0 Å². The third kappa shape index (κ3) is 20.9. The fraction of sp³-hybridized carbons (Fsp3) is 0.727. The first kappa shape index (κ1) is 49.5. The molecule has 1 aliphatic rings. The lowest BCUT2D eigenvalue weighted by molar-refractivity contribution is -0.120. The predicted octanol–water partition coefficient (Wildman–Crippen LogP) is 12.9. The van der Waals surface area contributed by atoms with Crippen molar-refractivity contribution in [3.63, 3.8) is 0 Å². The lowest BCUT2D eigenvalue weighted by atomic mass is 9.93. The number of ether oxygens (including phenoxy) is 1. The van der Waals surface area contributed by atoms with Gasteiger partial charge in [-0.3, -0.25) is 19.3 Å². The summed E-state index contributed by atoms with van der Waals surface area (Å²) >= 11 is 2.61. The number of carboxylic acids is 1. The normalized spacial score (nSPS) is 13.1. The van der Waals surface area contributed by atoms with Crippen LogP contribution in [0, 0.1) is 11.8 Å². The van der Waals surface area contributed by atoms with Crippen molar-refractivity contribution in [3.05, 3.63) is 38.2 Å². The van der Waals surface area contributed by atoms with Crippen LogP contribution in [0.4, 0.5) is 0 Å². The summed E-state index contributed by atoms with van der Waals surface area (Å²) in [5, 5.41) is 15.0. The van der Waals surface area contributed by atoms with E-state index in [1.807, 2.05) is 10.8 Å². The Bertz CT molecular complexity index is 1230. The Kier molecular flexibility index (Phi) is 29.9. The van der Waals surface area contributed by atoms with Gasteiger partial charge < -0.3 is 15.6 Å². The number of fused-ring (bicyclic) bond motifs is 1. The van der Waals surface area contributed by atoms with E-state index in [0.717, 1.165) is 25.3 Å². The second-order valence-electron chi connectivity index (χ2n) is 14.9. The van der Waals surface area contributed by atoms with Crippen LogP contribution in [0.25, 0.3) is 0 Å². The molecule has 3 rings (SSSR count). The minimum Gasteiger partial charge on any atom is -0.478 e. The van der Waals surface area contributed by atoms with Crippen LogP contribution in [-0.2, 0) is 4.79 Å². The van der Waals surface area contributed by atoms with Crippen LogP contribution in [0.3, 0.4) is 0 Å². The second kappa shape index (κ2) is 32.7. The van der Waals surface area contributed by atoms with E-state index in [1.165, 1.54) is 180 Å². The topological polar surface area (TPSA) is 127 Å². The second-order valence-corrected chi connectivity index (χ2v) is 16.4. The summed E-state index contributed by atoms with van der Waals surface area (Å²) < 4.78 is 4.39. The van der Waals surface area contributed by atoms with Crippen LogP contribution >= 0.6 is 22.7 Å². The summed E-state index contributed by atoms with van der Waals surface area (Å²) in [5.74, 6) is 0.109. The zero-order valence-corrected chi connectivity index (χ0v) is 35.9. The Morgan fingerprint density at radius 2 is 1.04 bits per heavy atom. The van der Waals surface area contributed by atoms with Crippen molar-refractivity contribution >= 4 is 46.9 Å². The molecular formula is C44H74N2O6S2. The molecule has 54 heavy (non-hydrogen) atoms. The highest BCUT2D eigenvalue weighted by Crippen LogP contribution is 2.29. The minimum atomic E-state index is -1.09. The summed E-state index contributed by atoms with van der Waals surface area (Å²) in [7, 11) is 0. The van der Waals surface area contributed by atoms with Crippen LogP contribution in [0.15, 0.2) is 21.5 Å². The SMILES string of the molecule is CCCCCCCCC(CCCCCC)CN1C(=O)c2cscc2C1=O.CCCCCCCCC(CN)CCCCCC.O=COc1cscc1C(=O)O. The highest BCUT2D eigenvalue weighted by atomic mass is 32.1. The number of unbranched alkanes of at least 4 members (excludes halogenated alkanes) is 16. The van der Waals surface area contributed by atoms with Crippen LogP contribution in [0.2, 0.25) is 0 Å². The highest BCUT2D eigenvalue weighted by molar-refractivity contribution is 7.08. The molecule has 3 N–H and O–H groups in total. The molecule has 2 amide bonds. The summed E-state index contributed by atoms with van der Waals surface area (Å²) in [6, 6.07) is 0. The van der Waals surface area contributed by atoms with Crippen LogP contribution < -0.4 is 10.5 Å². The first-order valence-electron chi connectivity index (χ1n) is 21.3. The Morgan fingerprint density at radius 1 is 0.648 bits per heavy atom. The maximum Gasteiger partial charge on any atom is 0.340 e. The monoisotopic (exact) mass is 790 g/mol. The molecule has 308 valence electrons. The van der Waals surface area contributed by atoms with E-state index in [4.69, 9.17) is 10.8 Å². The standard InChI is InChI=1S/C22H35NO2S.C16H35N.C6H4O4S/c1-3-5-7-9-10-12-14-18(13-11-8-6-4-2)15-23-21(24)19-16-26-17-20(19)22(23)25;1-3-5-7-9-10-12-14-16(15-17)13-11-8-6-4-2;7-3-10-5-2-11-1-4(5)6(8)9/h16-18H,3-15H2,1-2H3;16H,3-15,17H2,1-2H3;1-3H,(H,8,9). The van der Waals surface area contributed by atoms with Crippen molar-refractivity contribution in [2.45, 2.75) is 182 Å². The molecule has 3 heterocycles. The van der Waals surface area contributed by atoms with Gasteiger partial charge in [0.1, 0.15) is 5.56 Å². The molecule has 0 aromatic carbocycles. The van der Waals surface area contributed by atoms with E-state index < -0.39 is 5.97 Å². The molecule has 0 aliphatic carbocycles. The summed E-state index contributed by atoms with van der Waals surface area (Å²) in [5.41, 5.74) is 7.10. The van der Waals surface area contributed by atoms with Gasteiger partial charge in [-0.05, 0) is 44.1 Å². The minimum absolute atomic E-state index is 0.0158. The van der Waals surface area contributed by atoms with E-state index in [0.29, 0.717) is 23.6 Å². The number of imide groups is 1. The molecule has 2 aromatic heterocycles. The Labute approximate surface area is 336 Å². The Morgan fingerprint density at radius 3 is 1.44 bits per heavy atom. The summed E-state index contributed by atoms with van der Waals surface area (Å²) in [6.07, 6.45) is 31.8. The molecule has 0 saturated carbocycles. The van der Waals surface area contributed by atoms with Crippen molar-refractivity contribution in [3.8, 4) is 5.75 Å². The molecule has 10 heteroatoms. The first-order valence-corrected chi connectivity index (χ1v) is 23.2. The van der Waals surface area contributed by atoms with Gasteiger partial charge in [0.15, 0.2) is 5.75 Å². The van der Waals surface area contributed by atoms with Gasteiger partial charge in [0.2, 0.25) is 0 Å². The van der Waals surface area contributed by atoms with Gasteiger partial charge in [0.25, 0.3) is 18.3 Å². The molecule has 1 aliphatic heterocycles. The molecule has 2 atom stereocenters. The smallest absolute Gasteiger partial charge is 0.340 e. The molecule has 0 spiro atoms. The van der Waals surface area contributed by atoms with E-state index in [-0.39, 0.29) is 29.6 Å². The Hall–Kier alpha value is -2.56. The number of amides is 2. The van der Waals surface area contributed by atoms with Gasteiger partial charge >= 0.3 is 5.97 Å². The third-order valence-corrected chi connectivity index (χ3v) is 11.7. The number of nitrogens with two attached hydrogens (primary N) is 1. The van der Waals surface area contributed by atoms with Crippen molar-refractivity contribution in [1.29, 1.82) is 0 Å². The van der Waals surface area contributed by atoms with Crippen LogP contribution in [0.5, 0.6) is 5.75 Å². The van der Waals surface area contributed by atoms with Gasteiger partial charge in [-0.1, -0.05) is 156 Å². The highest BCUT2D eigenvalue weighted by Gasteiger charge is 2.37. The van der Waals surface area contributed by atoms with Crippen molar-refractivity contribution in [1.82, 2.24) is 4.90 Å². The van der Waals surface area contributed by atoms with E-state index >= 15 is 0 Å². The third-order valence-electron chi connectivity index (χ3n) is 10.3. The maximum absolute atomic E-state index is 12.5. The molecule has 2 unspecified atom stereocenters. The lowest BCUT2D eigenvalue weighted by Crippen LogP contribution is -2.34. The summed E-state index contributed by atoms with van der Waals surface area (Å²) in [4.78, 5) is 46.8. The quantitative estimate of drug-likeness (QED) is 0.0458. The molecular weight excluding hydrogens is 717 g/mol. The van der Waals surface area contributed by atoms with Gasteiger partial charge in [-0.25, -0.2) is 4.79 Å². The van der Waals surface area contributed by atoms with Gasteiger partial charge in [-0.2, -0.15) is 11.3 Å². The van der Waals surface area contributed by atoms with E-state index in [9.17, 15) is 19.2 Å². The maximum atomic E-state index is 12.5. The number of carboxylic acid groups (broad SMARTS) is 1. The Balaban J connectivity index is 0.000000446. The van der Waals surface area contributed by atoms with Crippen LogP contribution in [-0.4, -0.2) is 47.4 Å². The number of hydrogen-bond donors (Lipinski definition) is 2. The number of aromatic carboxylic acids is 1. The number of carbonyl (C=O) groups excluding carboxylic acids is 3. The number of thiophene rings is 2. The number of rotatable bonds is 30. The molecule has 2 aromatic rings. The zero-order valence-electron chi connectivity index (χ0n) is 34.3. The molecule has 0 radical (unpaired) electrons. The number of hydrogen-bond acceptors (Lipinski definition) is 8. The van der Waals surface area contributed by atoms with Crippen molar-refractivity contribution in [2.75, 3.05) is 13.1 Å². The predicted molar refractivity (Wildman–Crippen MR) is 227 cm³/mol. The summed E-state index contributed by atoms with van der Waals surface area (Å²) in [6.45, 7) is 10.7. The van der Waals surface area contributed by atoms with Crippen molar-refractivity contribution in [2.24, 2.45) is 17.6 Å². The molecule has 0 saturated heterocycles. The zero-order chi connectivity index (χ0) is 39.8. The van der Waals surface area contributed by atoms with E-state index in [2.05, 4.69) is 32.4 Å². The van der Waals surface area contributed by atoms with Crippen molar-refractivity contribution < 1.29 is 29.0 Å². The van der Waals surface area contributed by atoms with Gasteiger partial charge in [0, 0.05) is 28.1 Å². The van der Waals surface area contributed by atoms with Gasteiger partial charge in [0.05, 0.1) is 11.1 Å².